The molecule has 1 aromatic carbocycles. The summed E-state index contributed by atoms with van der Waals surface area (Å²) in [5.74, 6) is 0.203. The first-order valence-electron chi connectivity index (χ1n) is 7.99. The zero-order valence-electron chi connectivity index (χ0n) is 14.2. The van der Waals surface area contributed by atoms with Crippen LogP contribution in [0.25, 0.3) is 17.1 Å². The number of carbonyl (C=O) groups is 1. The van der Waals surface area contributed by atoms with Gasteiger partial charge >= 0.3 is 0 Å². The number of amides is 1. The summed E-state index contributed by atoms with van der Waals surface area (Å²) in [5.41, 5.74) is 4.23. The fraction of sp³-hybridized carbons (Fsp3) is 0.105. The minimum atomic E-state index is -0.268. The molecule has 4 rings (SSSR count). The zero-order valence-corrected chi connectivity index (χ0v) is 14.9. The van der Waals surface area contributed by atoms with E-state index >= 15 is 0 Å². The van der Waals surface area contributed by atoms with Crippen molar-refractivity contribution in [1.82, 2.24) is 14.4 Å². The lowest BCUT2D eigenvalue weighted by molar-refractivity contribution is 0.102. The second-order valence-electron chi connectivity index (χ2n) is 5.95. The third-order valence-electron chi connectivity index (χ3n) is 4.08. The van der Waals surface area contributed by atoms with E-state index in [0.717, 1.165) is 17.0 Å². The number of rotatable bonds is 3. The van der Waals surface area contributed by atoms with E-state index in [1.807, 2.05) is 30.5 Å². The van der Waals surface area contributed by atoms with Crippen LogP contribution >= 0.6 is 11.6 Å². The molecule has 0 saturated heterocycles. The van der Waals surface area contributed by atoms with Gasteiger partial charge in [0.05, 0.1) is 22.5 Å². The van der Waals surface area contributed by atoms with Gasteiger partial charge in [0.25, 0.3) is 5.91 Å². The number of halogens is 1. The number of fused-ring (bicyclic) bond motifs is 1. The predicted octanol–water partition coefficient (Wildman–Crippen LogP) is 4.51. The van der Waals surface area contributed by atoms with Gasteiger partial charge in [-0.1, -0.05) is 11.6 Å². The molecule has 26 heavy (non-hydrogen) atoms. The molecule has 1 N–H and O–H groups in total. The Bertz CT molecular complexity index is 1120. The predicted molar refractivity (Wildman–Crippen MR) is 99.6 cm³/mol. The summed E-state index contributed by atoms with van der Waals surface area (Å²) in [6.45, 7) is 3.88. The summed E-state index contributed by atoms with van der Waals surface area (Å²) in [4.78, 5) is 21.3. The van der Waals surface area contributed by atoms with Gasteiger partial charge in [-0.25, -0.2) is 9.97 Å². The molecule has 4 aromatic rings. The van der Waals surface area contributed by atoms with Gasteiger partial charge < -0.3 is 14.1 Å². The molecule has 0 unspecified atom stereocenters. The second kappa shape index (κ2) is 6.31. The lowest BCUT2D eigenvalue weighted by atomic mass is 10.2. The monoisotopic (exact) mass is 366 g/mol. The van der Waals surface area contributed by atoms with Crippen LogP contribution in [-0.4, -0.2) is 20.3 Å². The van der Waals surface area contributed by atoms with Crippen LogP contribution < -0.4 is 5.32 Å². The van der Waals surface area contributed by atoms with Crippen LogP contribution in [0.15, 0.2) is 53.4 Å². The van der Waals surface area contributed by atoms with Crippen LogP contribution in [-0.2, 0) is 0 Å². The average molecular weight is 367 g/mol. The van der Waals surface area contributed by atoms with E-state index in [0.29, 0.717) is 27.8 Å². The number of nitrogens with zero attached hydrogens (tertiary/aromatic N) is 3. The molecular formula is C19H15ClN4O2. The van der Waals surface area contributed by atoms with E-state index in [2.05, 4.69) is 15.3 Å². The van der Waals surface area contributed by atoms with Gasteiger partial charge in [-0.2, -0.15) is 0 Å². The Morgan fingerprint density at radius 1 is 1.23 bits per heavy atom. The number of carbonyl (C=O) groups excluding carboxylic acids is 1. The van der Waals surface area contributed by atoms with Crippen molar-refractivity contribution in [3.8, 4) is 11.5 Å². The Morgan fingerprint density at radius 2 is 2.08 bits per heavy atom. The highest BCUT2D eigenvalue weighted by Gasteiger charge is 2.16. The van der Waals surface area contributed by atoms with Crippen molar-refractivity contribution < 1.29 is 9.21 Å². The van der Waals surface area contributed by atoms with Gasteiger partial charge in [0.15, 0.2) is 0 Å². The summed E-state index contributed by atoms with van der Waals surface area (Å²) < 4.78 is 7.14. The summed E-state index contributed by atoms with van der Waals surface area (Å²) in [5, 5.41) is 3.24. The largest absolute Gasteiger partial charge is 0.445 e. The van der Waals surface area contributed by atoms with Crippen LogP contribution in [0.4, 0.5) is 5.69 Å². The van der Waals surface area contributed by atoms with Gasteiger partial charge in [0.2, 0.25) is 5.89 Å². The van der Waals surface area contributed by atoms with E-state index in [9.17, 15) is 4.79 Å². The van der Waals surface area contributed by atoms with Gasteiger partial charge in [-0.15, -0.1) is 0 Å². The Morgan fingerprint density at radius 3 is 2.81 bits per heavy atom. The Balaban J connectivity index is 1.65. The van der Waals surface area contributed by atoms with Crippen molar-refractivity contribution in [1.29, 1.82) is 0 Å². The Labute approximate surface area is 154 Å². The maximum absolute atomic E-state index is 12.7. The molecule has 3 heterocycles. The number of aromatic nitrogens is 3. The lowest BCUT2D eigenvalue weighted by Crippen LogP contribution is -2.12. The van der Waals surface area contributed by atoms with Crippen molar-refractivity contribution in [2.24, 2.45) is 0 Å². The maximum atomic E-state index is 12.7. The second-order valence-corrected chi connectivity index (χ2v) is 6.36. The van der Waals surface area contributed by atoms with E-state index in [1.165, 1.54) is 6.26 Å². The van der Waals surface area contributed by atoms with Crippen LogP contribution in [0.5, 0.6) is 0 Å². The molecule has 0 radical (unpaired) electrons. The summed E-state index contributed by atoms with van der Waals surface area (Å²) in [7, 11) is 0. The van der Waals surface area contributed by atoms with E-state index in [-0.39, 0.29) is 5.91 Å². The first-order valence-corrected chi connectivity index (χ1v) is 8.37. The quantitative estimate of drug-likeness (QED) is 0.579. The molecule has 0 saturated carbocycles. The number of oxazole rings is 1. The van der Waals surface area contributed by atoms with E-state index in [4.69, 9.17) is 16.0 Å². The Kier molecular flexibility index (Phi) is 3.97. The van der Waals surface area contributed by atoms with E-state index < -0.39 is 0 Å². The SMILES string of the molecule is Cc1cc(C)n2ccc(C(=O)Nc3ccc(-c4ncco4)cc3Cl)c2n1. The highest BCUT2D eigenvalue weighted by molar-refractivity contribution is 6.34. The third kappa shape index (κ3) is 2.84. The van der Waals surface area contributed by atoms with Crippen molar-refractivity contribution in [3.63, 3.8) is 0 Å². The smallest absolute Gasteiger partial charge is 0.259 e. The zero-order chi connectivity index (χ0) is 18.3. The summed E-state index contributed by atoms with van der Waals surface area (Å²) in [6, 6.07) is 8.93. The molecule has 0 bridgehead atoms. The summed E-state index contributed by atoms with van der Waals surface area (Å²) in [6.07, 6.45) is 4.89. The molecule has 7 heteroatoms. The average Bonchev–Trinajstić information content (AvgIpc) is 3.26. The fourth-order valence-corrected chi connectivity index (χ4v) is 3.10. The van der Waals surface area contributed by atoms with Gasteiger partial charge in [0.1, 0.15) is 11.9 Å². The van der Waals surface area contributed by atoms with Crippen molar-refractivity contribution >= 4 is 28.8 Å². The molecule has 0 spiro atoms. The van der Waals surface area contributed by atoms with Gasteiger partial charge in [-0.3, -0.25) is 4.79 Å². The van der Waals surface area contributed by atoms with Crippen LogP contribution in [0.3, 0.4) is 0 Å². The highest BCUT2D eigenvalue weighted by Crippen LogP contribution is 2.28. The normalized spacial score (nSPS) is 11.0. The molecule has 0 atom stereocenters. The fourth-order valence-electron chi connectivity index (χ4n) is 2.88. The number of hydrogen-bond donors (Lipinski definition) is 1. The Hall–Kier alpha value is -3.12. The highest BCUT2D eigenvalue weighted by atomic mass is 35.5. The molecule has 1 amide bonds. The van der Waals surface area contributed by atoms with E-state index in [1.54, 1.807) is 30.5 Å². The van der Waals surface area contributed by atoms with Gasteiger partial charge in [-0.05, 0) is 44.2 Å². The molecule has 0 aliphatic heterocycles. The minimum Gasteiger partial charge on any atom is -0.445 e. The lowest BCUT2D eigenvalue weighted by Gasteiger charge is -2.08. The molecule has 6 nitrogen and oxygen atoms in total. The number of aryl methyl sites for hydroxylation is 2. The maximum Gasteiger partial charge on any atom is 0.259 e. The number of anilines is 1. The molecule has 130 valence electrons. The number of nitrogens with one attached hydrogen (secondary N) is 1. The first kappa shape index (κ1) is 16.4. The van der Waals surface area contributed by atoms with Crippen LogP contribution in [0, 0.1) is 13.8 Å². The van der Waals surface area contributed by atoms with Crippen molar-refractivity contribution in [2.45, 2.75) is 13.8 Å². The van der Waals surface area contributed by atoms with Crippen LogP contribution in [0.1, 0.15) is 21.7 Å². The number of benzene rings is 1. The number of hydrogen-bond acceptors (Lipinski definition) is 4. The summed E-state index contributed by atoms with van der Waals surface area (Å²) >= 11 is 6.32. The topological polar surface area (TPSA) is 72.4 Å². The minimum absolute atomic E-state index is 0.268. The van der Waals surface area contributed by atoms with Crippen molar-refractivity contribution in [2.75, 3.05) is 5.32 Å². The molecule has 0 fully saturated rings. The van der Waals surface area contributed by atoms with Crippen molar-refractivity contribution in [3.05, 3.63) is 71.0 Å². The van der Waals surface area contributed by atoms with Crippen LogP contribution in [0.2, 0.25) is 5.02 Å². The molecule has 3 aromatic heterocycles. The molecular weight excluding hydrogens is 352 g/mol. The standard InChI is InChI=1S/C19H15ClN4O2/c1-11-9-12(2)24-7-5-14(17(24)22-11)18(25)23-16-4-3-13(10-15(16)20)19-21-6-8-26-19/h3-10H,1-2H3,(H,23,25). The first-order chi connectivity index (χ1) is 12.5. The molecule has 0 aliphatic carbocycles. The van der Waals surface area contributed by atoms with Gasteiger partial charge in [0, 0.05) is 23.1 Å². The molecule has 0 aliphatic rings. The third-order valence-corrected chi connectivity index (χ3v) is 4.39.